The molecule has 0 saturated heterocycles. The van der Waals surface area contributed by atoms with E-state index in [4.69, 9.17) is 9.47 Å². The maximum absolute atomic E-state index is 11.6. The van der Waals surface area contributed by atoms with E-state index < -0.39 is 0 Å². The number of nitrogens with zero attached hydrogens (tertiary/aromatic N) is 6. The first-order valence-corrected chi connectivity index (χ1v) is 14.9. The van der Waals surface area contributed by atoms with E-state index in [0.717, 1.165) is 43.7 Å². The molecule has 0 spiro atoms. The summed E-state index contributed by atoms with van der Waals surface area (Å²) in [4.78, 5) is 30.1. The molecule has 4 aromatic rings. The molecule has 41 heavy (non-hydrogen) atoms. The van der Waals surface area contributed by atoms with Crippen molar-refractivity contribution >= 4 is 71.3 Å². The van der Waals surface area contributed by atoms with Crippen molar-refractivity contribution in [2.45, 2.75) is 34.1 Å². The molecule has 0 aliphatic carbocycles. The van der Waals surface area contributed by atoms with Crippen molar-refractivity contribution in [1.29, 1.82) is 0 Å². The van der Waals surface area contributed by atoms with E-state index in [1.165, 1.54) is 29.6 Å². The molecule has 0 bridgehead atoms. The van der Waals surface area contributed by atoms with Crippen LogP contribution in [0.5, 0.6) is 0 Å². The number of aromatic nitrogens is 1. The minimum absolute atomic E-state index is 0.120. The summed E-state index contributed by atoms with van der Waals surface area (Å²) >= 11 is 2.89. The number of azo groups is 2. The molecule has 0 amide bonds. The molecular formula is C29H32N6O4S2. The third-order valence-electron chi connectivity index (χ3n) is 5.89. The lowest BCUT2D eigenvalue weighted by Crippen LogP contribution is -2.27. The molecule has 0 N–H and O–H groups in total. The Morgan fingerprint density at radius 1 is 0.902 bits per heavy atom. The summed E-state index contributed by atoms with van der Waals surface area (Å²) in [6, 6.07) is 17.4. The highest BCUT2D eigenvalue weighted by Crippen LogP contribution is 2.39. The molecule has 214 valence electrons. The zero-order chi connectivity index (χ0) is 29.2. The van der Waals surface area contributed by atoms with Crippen molar-refractivity contribution in [2.75, 3.05) is 31.2 Å². The van der Waals surface area contributed by atoms with Crippen molar-refractivity contribution in [3.05, 3.63) is 60.2 Å². The lowest BCUT2D eigenvalue weighted by atomic mass is 10.1. The second kappa shape index (κ2) is 14.6. The number of likely N-dealkylation sites (N-methyl/N-ethyl adjacent to an activating group) is 1. The molecule has 0 aliphatic heterocycles. The van der Waals surface area contributed by atoms with Crippen LogP contribution in [0.1, 0.15) is 33.3 Å². The predicted octanol–water partition coefficient (Wildman–Crippen LogP) is 8.32. The van der Waals surface area contributed by atoms with E-state index in [0.29, 0.717) is 31.3 Å². The zero-order valence-electron chi connectivity index (χ0n) is 23.4. The summed E-state index contributed by atoms with van der Waals surface area (Å²) in [5.74, 6) is -0.581. The Balaban J connectivity index is 1.30. The summed E-state index contributed by atoms with van der Waals surface area (Å²) < 4.78 is 11.3. The van der Waals surface area contributed by atoms with Gasteiger partial charge in [0.2, 0.25) is 5.13 Å². The summed E-state index contributed by atoms with van der Waals surface area (Å²) in [7, 11) is 0. The number of rotatable bonds is 13. The number of hydrogen-bond acceptors (Lipinski definition) is 12. The van der Waals surface area contributed by atoms with Crippen LogP contribution >= 0.6 is 22.7 Å². The number of ether oxygens (including phenoxy) is 2. The molecule has 0 aliphatic rings. The highest BCUT2D eigenvalue weighted by Gasteiger charge is 2.10. The molecule has 10 nitrogen and oxygen atoms in total. The summed E-state index contributed by atoms with van der Waals surface area (Å²) in [5.41, 5.74) is 3.55. The number of hydrogen-bond donors (Lipinski definition) is 0. The monoisotopic (exact) mass is 592 g/mol. The molecule has 2 aromatic heterocycles. The smallest absolute Gasteiger partial charge is 0.308 e. The molecule has 0 saturated carbocycles. The fraction of sp³-hybridized carbons (Fsp3) is 0.345. The van der Waals surface area contributed by atoms with Gasteiger partial charge in [-0.3, -0.25) is 9.59 Å². The van der Waals surface area contributed by atoms with Crippen molar-refractivity contribution in [2.24, 2.45) is 26.4 Å². The number of fused-ring (bicyclic) bond motifs is 1. The topological polar surface area (TPSA) is 118 Å². The molecule has 2 heterocycles. The van der Waals surface area contributed by atoms with Gasteiger partial charge in [0.15, 0.2) is 0 Å². The van der Waals surface area contributed by atoms with Crippen LogP contribution in [0.25, 0.3) is 9.53 Å². The predicted molar refractivity (Wildman–Crippen MR) is 163 cm³/mol. The third kappa shape index (κ3) is 8.98. The first-order valence-electron chi connectivity index (χ1n) is 13.3. The van der Waals surface area contributed by atoms with E-state index in [1.54, 1.807) is 0 Å². The Morgan fingerprint density at radius 2 is 1.59 bits per heavy atom. The fourth-order valence-corrected chi connectivity index (χ4v) is 5.53. The standard InChI is InChI=1S/C29H32N6O4S2/c1-5-35(15-17-38-20(4)36)24-12-10-23(11-13-24)32-34-29-30-27-25(40-29)18-26(41-27)33-31-22-8-6-21(7-9-22)14-16-39-28(37)19(2)3/h6-13,18-19H,5,14-17H2,1-4H3. The number of carbonyl (C=O) groups excluding carboxylic acids is 2. The Labute approximate surface area is 246 Å². The van der Waals surface area contributed by atoms with E-state index in [-0.39, 0.29) is 17.9 Å². The molecule has 0 radical (unpaired) electrons. The maximum Gasteiger partial charge on any atom is 0.308 e. The number of anilines is 1. The fourth-order valence-electron chi connectivity index (χ4n) is 3.68. The molecule has 0 atom stereocenters. The minimum Gasteiger partial charge on any atom is -0.465 e. The van der Waals surface area contributed by atoms with Crippen LogP contribution in [-0.2, 0) is 25.5 Å². The van der Waals surface area contributed by atoms with Crippen LogP contribution in [0.2, 0.25) is 0 Å². The van der Waals surface area contributed by atoms with Crippen molar-refractivity contribution in [3.8, 4) is 0 Å². The lowest BCUT2D eigenvalue weighted by molar-refractivity contribution is -0.147. The number of carbonyl (C=O) groups is 2. The summed E-state index contributed by atoms with van der Waals surface area (Å²) in [6.45, 7) is 9.24. The minimum atomic E-state index is -0.276. The second-order valence-corrected chi connectivity index (χ2v) is 11.3. The van der Waals surface area contributed by atoms with Crippen molar-refractivity contribution < 1.29 is 19.1 Å². The largest absolute Gasteiger partial charge is 0.465 e. The highest BCUT2D eigenvalue weighted by molar-refractivity contribution is 7.30. The van der Waals surface area contributed by atoms with Gasteiger partial charge in [-0.25, -0.2) is 4.98 Å². The van der Waals surface area contributed by atoms with Gasteiger partial charge in [-0.05, 0) is 55.0 Å². The van der Waals surface area contributed by atoms with Gasteiger partial charge in [0, 0.05) is 25.6 Å². The third-order valence-corrected chi connectivity index (χ3v) is 7.82. The summed E-state index contributed by atoms with van der Waals surface area (Å²) in [5, 5.41) is 18.7. The quantitative estimate of drug-likeness (QED) is 0.114. The van der Waals surface area contributed by atoms with Gasteiger partial charge in [-0.1, -0.05) is 48.7 Å². The van der Waals surface area contributed by atoms with Crippen molar-refractivity contribution in [3.63, 3.8) is 0 Å². The Morgan fingerprint density at radius 3 is 2.22 bits per heavy atom. The van der Waals surface area contributed by atoms with Gasteiger partial charge >= 0.3 is 11.9 Å². The number of esters is 2. The van der Waals surface area contributed by atoms with Crippen LogP contribution in [0.3, 0.4) is 0 Å². The number of benzene rings is 2. The van der Waals surface area contributed by atoms with Gasteiger partial charge in [-0.15, -0.1) is 20.5 Å². The van der Waals surface area contributed by atoms with Gasteiger partial charge in [0.25, 0.3) is 0 Å². The molecule has 0 unspecified atom stereocenters. The highest BCUT2D eigenvalue weighted by atomic mass is 32.1. The molecule has 12 heteroatoms. The van der Waals surface area contributed by atoms with Crippen LogP contribution < -0.4 is 4.90 Å². The van der Waals surface area contributed by atoms with Crippen LogP contribution in [0.4, 0.5) is 27.2 Å². The van der Waals surface area contributed by atoms with Gasteiger partial charge < -0.3 is 14.4 Å². The van der Waals surface area contributed by atoms with Crippen LogP contribution in [-0.4, -0.2) is 43.2 Å². The van der Waals surface area contributed by atoms with Gasteiger partial charge in [-0.2, -0.15) is 0 Å². The second-order valence-electron chi connectivity index (χ2n) is 9.33. The molecule has 2 aromatic carbocycles. The zero-order valence-corrected chi connectivity index (χ0v) is 25.1. The average molecular weight is 593 g/mol. The van der Waals surface area contributed by atoms with E-state index >= 15 is 0 Å². The number of thiazole rings is 1. The Bertz CT molecular complexity index is 1480. The van der Waals surface area contributed by atoms with E-state index in [2.05, 4.69) is 37.3 Å². The molecule has 4 rings (SSSR count). The Hall–Kier alpha value is -4.03. The first kappa shape index (κ1) is 29.9. The lowest BCUT2D eigenvalue weighted by Gasteiger charge is -2.22. The SMILES string of the molecule is CCN(CCOC(C)=O)c1ccc(N=Nc2nc3sc(N=Nc4ccc(CCOC(=O)C(C)C)cc4)cc3s2)cc1. The van der Waals surface area contributed by atoms with Gasteiger partial charge in [0.05, 0.1) is 35.1 Å². The molecular weight excluding hydrogens is 560 g/mol. The maximum atomic E-state index is 11.6. The van der Waals surface area contributed by atoms with E-state index in [1.807, 2.05) is 68.4 Å². The van der Waals surface area contributed by atoms with Gasteiger partial charge in [0.1, 0.15) is 16.4 Å². The van der Waals surface area contributed by atoms with Crippen LogP contribution in [0, 0.1) is 5.92 Å². The normalized spacial score (nSPS) is 11.6. The average Bonchev–Trinajstić information content (AvgIpc) is 3.52. The Kier molecular flexibility index (Phi) is 10.6. The molecule has 0 fully saturated rings. The van der Waals surface area contributed by atoms with Crippen molar-refractivity contribution in [1.82, 2.24) is 4.98 Å². The van der Waals surface area contributed by atoms with E-state index in [9.17, 15) is 9.59 Å². The first-order chi connectivity index (χ1) is 19.8. The number of thiophene rings is 1. The van der Waals surface area contributed by atoms with Crippen LogP contribution in [0.15, 0.2) is 75.1 Å². The summed E-state index contributed by atoms with van der Waals surface area (Å²) in [6.07, 6.45) is 0.657.